The van der Waals surface area contributed by atoms with E-state index in [9.17, 15) is 0 Å². The van der Waals surface area contributed by atoms with Gasteiger partial charge in [0.05, 0.1) is 10.0 Å². The molecular formula is C12H6Cl3N5. The van der Waals surface area contributed by atoms with Crippen molar-refractivity contribution in [2.24, 2.45) is 0 Å². The second-order valence-corrected chi connectivity index (χ2v) is 4.92. The summed E-state index contributed by atoms with van der Waals surface area (Å²) < 4.78 is 1.62. The Morgan fingerprint density at radius 1 is 1.00 bits per heavy atom. The van der Waals surface area contributed by atoms with Crippen molar-refractivity contribution in [2.75, 3.05) is 0 Å². The van der Waals surface area contributed by atoms with E-state index in [0.29, 0.717) is 27.4 Å². The van der Waals surface area contributed by atoms with Gasteiger partial charge >= 0.3 is 0 Å². The molecule has 100 valence electrons. The minimum absolute atomic E-state index is 0.0646. The van der Waals surface area contributed by atoms with Crippen molar-refractivity contribution < 1.29 is 0 Å². The molecule has 2 heterocycles. The molecule has 0 atom stereocenters. The summed E-state index contributed by atoms with van der Waals surface area (Å²) in [5.41, 5.74) is 0.588. The van der Waals surface area contributed by atoms with Crippen molar-refractivity contribution in [1.82, 2.24) is 24.5 Å². The molecule has 0 aliphatic heterocycles. The van der Waals surface area contributed by atoms with Crippen LogP contribution in [-0.2, 0) is 0 Å². The molecule has 20 heavy (non-hydrogen) atoms. The number of hydrogen-bond acceptors (Lipinski definition) is 4. The Balaban J connectivity index is 2.17. The van der Waals surface area contributed by atoms with Gasteiger partial charge < -0.3 is 0 Å². The lowest BCUT2D eigenvalue weighted by atomic mass is 10.2. The van der Waals surface area contributed by atoms with Crippen molar-refractivity contribution >= 4 is 34.8 Å². The Kier molecular flexibility index (Phi) is 3.56. The molecule has 1 aromatic carbocycles. The first-order valence-corrected chi connectivity index (χ1v) is 6.63. The van der Waals surface area contributed by atoms with Crippen molar-refractivity contribution in [1.29, 1.82) is 0 Å². The van der Waals surface area contributed by atoms with E-state index in [1.54, 1.807) is 41.5 Å². The van der Waals surface area contributed by atoms with Gasteiger partial charge in [-0.3, -0.25) is 4.57 Å². The van der Waals surface area contributed by atoms with Crippen molar-refractivity contribution in [3.8, 4) is 17.3 Å². The van der Waals surface area contributed by atoms with E-state index in [1.807, 2.05) is 0 Å². The largest absolute Gasteiger partial charge is 0.274 e. The van der Waals surface area contributed by atoms with Gasteiger partial charge in [-0.05, 0) is 23.7 Å². The maximum atomic E-state index is 6.16. The molecule has 3 aromatic rings. The lowest BCUT2D eigenvalue weighted by Crippen LogP contribution is -2.03. The van der Waals surface area contributed by atoms with Gasteiger partial charge in [-0.15, -0.1) is 0 Å². The van der Waals surface area contributed by atoms with E-state index >= 15 is 0 Å². The Morgan fingerprint density at radius 3 is 2.60 bits per heavy atom. The molecule has 2 aromatic heterocycles. The first-order valence-electron chi connectivity index (χ1n) is 5.49. The maximum Gasteiger partial charge on any atom is 0.239 e. The number of halogens is 3. The molecule has 0 N–H and O–H groups in total. The van der Waals surface area contributed by atoms with Gasteiger partial charge in [0, 0.05) is 18.0 Å². The Hall–Kier alpha value is -1.69. The molecule has 3 rings (SSSR count). The highest BCUT2D eigenvalue weighted by Gasteiger charge is 2.13. The molecular weight excluding hydrogens is 321 g/mol. The predicted molar refractivity (Wildman–Crippen MR) is 77.4 cm³/mol. The van der Waals surface area contributed by atoms with Gasteiger partial charge in [0.15, 0.2) is 5.82 Å². The number of nitrogens with zero attached hydrogens (tertiary/aromatic N) is 5. The van der Waals surface area contributed by atoms with Gasteiger partial charge in [0.1, 0.15) is 6.33 Å². The van der Waals surface area contributed by atoms with Crippen LogP contribution in [0.25, 0.3) is 17.3 Å². The zero-order valence-electron chi connectivity index (χ0n) is 9.83. The van der Waals surface area contributed by atoms with Crippen LogP contribution in [0, 0.1) is 0 Å². The van der Waals surface area contributed by atoms with Crippen LogP contribution in [0.2, 0.25) is 15.3 Å². The summed E-state index contributed by atoms with van der Waals surface area (Å²) in [6.07, 6.45) is 4.88. The molecule has 5 nitrogen and oxygen atoms in total. The summed E-state index contributed by atoms with van der Waals surface area (Å²) in [5, 5.41) is 0.854. The topological polar surface area (TPSA) is 56.5 Å². The molecule has 0 saturated carbocycles. The van der Waals surface area contributed by atoms with E-state index in [4.69, 9.17) is 34.8 Å². The highest BCUT2D eigenvalue weighted by atomic mass is 35.5. The van der Waals surface area contributed by atoms with E-state index in [0.717, 1.165) is 0 Å². The van der Waals surface area contributed by atoms with Crippen LogP contribution in [0.1, 0.15) is 0 Å². The molecule has 0 aliphatic rings. The average molecular weight is 327 g/mol. The van der Waals surface area contributed by atoms with Gasteiger partial charge in [-0.1, -0.05) is 29.3 Å². The molecule has 0 unspecified atom stereocenters. The Labute approximate surface area is 129 Å². The van der Waals surface area contributed by atoms with Gasteiger partial charge in [0.2, 0.25) is 11.2 Å². The lowest BCUT2D eigenvalue weighted by molar-refractivity contribution is 0.899. The molecule has 0 radical (unpaired) electrons. The molecule has 0 spiro atoms. The highest BCUT2D eigenvalue weighted by molar-refractivity contribution is 6.43. The summed E-state index contributed by atoms with van der Waals surface area (Å²) in [6.45, 7) is 0. The van der Waals surface area contributed by atoms with Crippen molar-refractivity contribution in [3.63, 3.8) is 0 Å². The lowest BCUT2D eigenvalue weighted by Gasteiger charge is -2.07. The quantitative estimate of drug-likeness (QED) is 0.721. The Bertz CT molecular complexity index is 758. The third-order valence-electron chi connectivity index (χ3n) is 2.52. The van der Waals surface area contributed by atoms with E-state index in [-0.39, 0.29) is 5.28 Å². The van der Waals surface area contributed by atoms with Crippen LogP contribution in [0.4, 0.5) is 0 Å². The normalized spacial score (nSPS) is 10.8. The average Bonchev–Trinajstić information content (AvgIpc) is 2.95. The minimum Gasteiger partial charge on any atom is -0.274 e. The first kappa shape index (κ1) is 13.3. The van der Waals surface area contributed by atoms with Crippen LogP contribution in [0.15, 0.2) is 36.9 Å². The molecule has 0 aliphatic carbocycles. The monoisotopic (exact) mass is 325 g/mol. The van der Waals surface area contributed by atoms with Crippen LogP contribution in [0.5, 0.6) is 0 Å². The fourth-order valence-electron chi connectivity index (χ4n) is 1.63. The van der Waals surface area contributed by atoms with Gasteiger partial charge in [-0.25, -0.2) is 4.98 Å². The Morgan fingerprint density at radius 2 is 1.85 bits per heavy atom. The van der Waals surface area contributed by atoms with Gasteiger partial charge in [-0.2, -0.15) is 15.0 Å². The van der Waals surface area contributed by atoms with Crippen molar-refractivity contribution in [3.05, 3.63) is 52.2 Å². The van der Waals surface area contributed by atoms with Crippen molar-refractivity contribution in [2.45, 2.75) is 0 Å². The number of benzene rings is 1. The van der Waals surface area contributed by atoms with Crippen LogP contribution >= 0.6 is 34.8 Å². The maximum absolute atomic E-state index is 6.16. The van der Waals surface area contributed by atoms with Crippen LogP contribution in [-0.4, -0.2) is 24.5 Å². The van der Waals surface area contributed by atoms with E-state index in [1.165, 1.54) is 0 Å². The second kappa shape index (κ2) is 5.36. The molecule has 0 amide bonds. The summed E-state index contributed by atoms with van der Waals surface area (Å²) in [7, 11) is 0. The number of hydrogen-bond donors (Lipinski definition) is 0. The molecule has 0 bridgehead atoms. The van der Waals surface area contributed by atoms with E-state index < -0.39 is 0 Å². The number of aromatic nitrogens is 5. The summed E-state index contributed by atoms with van der Waals surface area (Å²) in [4.78, 5) is 16.4. The molecule has 0 saturated heterocycles. The smallest absolute Gasteiger partial charge is 0.239 e. The zero-order chi connectivity index (χ0) is 14.1. The van der Waals surface area contributed by atoms with E-state index in [2.05, 4.69) is 19.9 Å². The number of imidazole rings is 1. The predicted octanol–water partition coefficient (Wildman–Crippen LogP) is 3.68. The summed E-state index contributed by atoms with van der Waals surface area (Å²) in [6, 6.07) is 5.21. The zero-order valence-corrected chi connectivity index (χ0v) is 12.1. The van der Waals surface area contributed by atoms with Crippen LogP contribution in [0.3, 0.4) is 0 Å². The third kappa shape index (κ3) is 2.47. The molecule has 0 fully saturated rings. The standard InChI is InChI=1S/C12H6Cl3N5/c13-8-3-1-2-7(9(8)14)10-17-11(15)19-12(18-10)20-5-4-16-6-20/h1-6H. The van der Waals surface area contributed by atoms with Crippen LogP contribution < -0.4 is 0 Å². The molecule has 8 heteroatoms. The fourth-order valence-corrected chi connectivity index (χ4v) is 2.17. The fraction of sp³-hybridized carbons (Fsp3) is 0. The summed E-state index contributed by atoms with van der Waals surface area (Å²) >= 11 is 18.1. The minimum atomic E-state index is 0.0646. The second-order valence-electron chi connectivity index (χ2n) is 3.80. The number of rotatable bonds is 2. The summed E-state index contributed by atoms with van der Waals surface area (Å²) in [5.74, 6) is 0.703. The SMILES string of the molecule is Clc1nc(-c2cccc(Cl)c2Cl)nc(-n2ccnc2)n1. The third-order valence-corrected chi connectivity index (χ3v) is 3.51. The van der Waals surface area contributed by atoms with Gasteiger partial charge in [0.25, 0.3) is 0 Å². The first-order chi connectivity index (χ1) is 9.65. The highest BCUT2D eigenvalue weighted by Crippen LogP contribution is 2.32.